The second-order valence-electron chi connectivity index (χ2n) is 5.16. The van der Waals surface area contributed by atoms with Crippen LogP contribution in [0.2, 0.25) is 0 Å². The molecule has 0 spiro atoms. The third-order valence-corrected chi connectivity index (χ3v) is 4.69. The van der Waals surface area contributed by atoms with E-state index < -0.39 is 0 Å². The molecule has 1 fully saturated rings. The van der Waals surface area contributed by atoms with Crippen LogP contribution in [-0.4, -0.2) is 35.7 Å². The van der Waals surface area contributed by atoms with Crippen molar-refractivity contribution in [3.8, 4) is 0 Å². The van der Waals surface area contributed by atoms with Crippen molar-refractivity contribution in [3.63, 3.8) is 0 Å². The fourth-order valence-electron chi connectivity index (χ4n) is 2.25. The summed E-state index contributed by atoms with van der Waals surface area (Å²) in [6.45, 7) is 2.41. The van der Waals surface area contributed by atoms with Gasteiger partial charge in [-0.25, -0.2) is 4.39 Å². The Labute approximate surface area is 134 Å². The van der Waals surface area contributed by atoms with Gasteiger partial charge in [0.25, 0.3) is 0 Å². The van der Waals surface area contributed by atoms with E-state index in [-0.39, 0.29) is 29.6 Å². The Bertz CT molecular complexity index is 521. The van der Waals surface area contributed by atoms with Gasteiger partial charge in [0.05, 0.1) is 12.4 Å². The second kappa shape index (κ2) is 8.17. The molecule has 1 aliphatic heterocycles. The third-order valence-electron chi connectivity index (χ3n) is 3.43. The van der Waals surface area contributed by atoms with E-state index in [9.17, 15) is 14.0 Å². The molecule has 6 heteroatoms. The number of hydrogen-bond acceptors (Lipinski definition) is 4. The van der Waals surface area contributed by atoms with E-state index in [1.165, 1.54) is 28.8 Å². The van der Waals surface area contributed by atoms with Gasteiger partial charge in [-0.3, -0.25) is 9.59 Å². The Balaban J connectivity index is 1.93. The van der Waals surface area contributed by atoms with Gasteiger partial charge in [-0.2, -0.15) is 0 Å². The molecule has 4 nitrogen and oxygen atoms in total. The summed E-state index contributed by atoms with van der Waals surface area (Å²) in [6, 6.07) is 6.01. The normalized spacial score (nSPS) is 17.8. The van der Waals surface area contributed by atoms with Crippen LogP contribution >= 0.6 is 11.8 Å². The summed E-state index contributed by atoms with van der Waals surface area (Å²) in [5.74, 6) is -0.477. The molecule has 120 valence electrons. The van der Waals surface area contributed by atoms with Crippen LogP contribution in [0.25, 0.3) is 0 Å². The molecular formula is C16H20FNO3S. The predicted molar refractivity (Wildman–Crippen MR) is 83.8 cm³/mol. The van der Waals surface area contributed by atoms with E-state index in [4.69, 9.17) is 4.74 Å². The van der Waals surface area contributed by atoms with Crippen LogP contribution in [0.5, 0.6) is 0 Å². The average Bonchev–Trinajstić information content (AvgIpc) is 2.86. The SMILES string of the molecule is CCCCCOC(=O)CN1C(=O)CSC1c1ccc(F)cc1. The number of amides is 1. The van der Waals surface area contributed by atoms with Crippen LogP contribution in [0.1, 0.15) is 37.1 Å². The molecule has 0 aliphatic carbocycles. The van der Waals surface area contributed by atoms with Crippen LogP contribution < -0.4 is 0 Å². The van der Waals surface area contributed by atoms with Crippen molar-refractivity contribution < 1.29 is 18.7 Å². The summed E-state index contributed by atoms with van der Waals surface area (Å²) < 4.78 is 18.2. The molecule has 1 atom stereocenters. The highest BCUT2D eigenvalue weighted by molar-refractivity contribution is 8.00. The molecule has 1 saturated heterocycles. The van der Waals surface area contributed by atoms with Gasteiger partial charge in [0.1, 0.15) is 17.7 Å². The minimum atomic E-state index is -0.390. The first-order valence-electron chi connectivity index (χ1n) is 7.44. The molecule has 2 rings (SSSR count). The zero-order valence-corrected chi connectivity index (χ0v) is 13.4. The van der Waals surface area contributed by atoms with Gasteiger partial charge in [0, 0.05) is 0 Å². The van der Waals surface area contributed by atoms with Crippen LogP contribution in [0.3, 0.4) is 0 Å². The van der Waals surface area contributed by atoms with Crippen molar-refractivity contribution in [2.45, 2.75) is 31.6 Å². The topological polar surface area (TPSA) is 46.6 Å². The fraction of sp³-hybridized carbons (Fsp3) is 0.500. The van der Waals surface area contributed by atoms with E-state index in [0.29, 0.717) is 12.4 Å². The molecule has 1 aromatic carbocycles. The molecule has 22 heavy (non-hydrogen) atoms. The lowest BCUT2D eigenvalue weighted by Crippen LogP contribution is -2.34. The maximum Gasteiger partial charge on any atom is 0.325 e. The molecular weight excluding hydrogens is 305 g/mol. The van der Waals surface area contributed by atoms with Gasteiger partial charge in [0.2, 0.25) is 5.91 Å². The minimum Gasteiger partial charge on any atom is -0.464 e. The number of benzene rings is 1. The Morgan fingerprint density at radius 3 is 2.77 bits per heavy atom. The molecule has 1 aromatic rings. The molecule has 0 bridgehead atoms. The standard InChI is InChI=1S/C16H20FNO3S/c1-2-3-4-9-21-15(20)10-18-14(19)11-22-16(18)12-5-7-13(17)8-6-12/h5-8,16H,2-4,9-11H2,1H3. The van der Waals surface area contributed by atoms with Crippen molar-refractivity contribution >= 4 is 23.6 Å². The van der Waals surface area contributed by atoms with Gasteiger partial charge in [-0.05, 0) is 24.1 Å². The Morgan fingerprint density at radius 1 is 1.36 bits per heavy atom. The van der Waals surface area contributed by atoms with E-state index in [1.807, 2.05) is 0 Å². The quantitative estimate of drug-likeness (QED) is 0.571. The van der Waals surface area contributed by atoms with Gasteiger partial charge in [-0.1, -0.05) is 31.9 Å². The van der Waals surface area contributed by atoms with Gasteiger partial charge in [-0.15, -0.1) is 11.8 Å². The number of nitrogens with zero attached hydrogens (tertiary/aromatic N) is 1. The lowest BCUT2D eigenvalue weighted by molar-refractivity contribution is -0.148. The number of halogens is 1. The highest BCUT2D eigenvalue weighted by atomic mass is 32.2. The van der Waals surface area contributed by atoms with Gasteiger partial charge in [0.15, 0.2) is 0 Å². The van der Waals surface area contributed by atoms with Crippen molar-refractivity contribution in [1.29, 1.82) is 0 Å². The smallest absolute Gasteiger partial charge is 0.325 e. The van der Waals surface area contributed by atoms with E-state index in [0.717, 1.165) is 24.8 Å². The van der Waals surface area contributed by atoms with E-state index in [2.05, 4.69) is 6.92 Å². The number of carbonyl (C=O) groups excluding carboxylic acids is 2. The number of ether oxygens (including phenoxy) is 1. The summed E-state index contributed by atoms with van der Waals surface area (Å²) in [5, 5.41) is -0.253. The number of thioether (sulfide) groups is 1. The van der Waals surface area contributed by atoms with Crippen LogP contribution in [-0.2, 0) is 14.3 Å². The van der Waals surface area contributed by atoms with E-state index >= 15 is 0 Å². The van der Waals surface area contributed by atoms with Crippen LogP contribution in [0, 0.1) is 5.82 Å². The van der Waals surface area contributed by atoms with Crippen LogP contribution in [0.4, 0.5) is 4.39 Å². The predicted octanol–water partition coefficient (Wildman–Crippen LogP) is 3.13. The molecule has 1 unspecified atom stereocenters. The molecule has 0 N–H and O–H groups in total. The summed E-state index contributed by atoms with van der Waals surface area (Å²) in [6.07, 6.45) is 2.92. The summed E-state index contributed by atoms with van der Waals surface area (Å²) in [4.78, 5) is 25.3. The average molecular weight is 325 g/mol. The minimum absolute atomic E-state index is 0.0556. The molecule has 0 radical (unpaired) electrons. The molecule has 1 heterocycles. The number of hydrogen-bond donors (Lipinski definition) is 0. The molecule has 1 aliphatic rings. The Morgan fingerprint density at radius 2 is 2.09 bits per heavy atom. The van der Waals surface area contributed by atoms with Crippen molar-refractivity contribution in [3.05, 3.63) is 35.6 Å². The number of rotatable bonds is 7. The van der Waals surface area contributed by atoms with Crippen molar-refractivity contribution in [2.24, 2.45) is 0 Å². The number of esters is 1. The zero-order valence-electron chi connectivity index (χ0n) is 12.6. The monoisotopic (exact) mass is 325 g/mol. The van der Waals surface area contributed by atoms with E-state index in [1.54, 1.807) is 12.1 Å². The Kier molecular flexibility index (Phi) is 6.24. The first kappa shape index (κ1) is 16.8. The highest BCUT2D eigenvalue weighted by Crippen LogP contribution is 2.38. The lowest BCUT2D eigenvalue weighted by atomic mass is 10.2. The molecule has 1 amide bonds. The van der Waals surface area contributed by atoms with Gasteiger partial charge >= 0.3 is 5.97 Å². The zero-order chi connectivity index (χ0) is 15.9. The third kappa shape index (κ3) is 4.47. The van der Waals surface area contributed by atoms with Gasteiger partial charge < -0.3 is 9.64 Å². The van der Waals surface area contributed by atoms with Crippen LogP contribution in [0.15, 0.2) is 24.3 Å². The molecule has 0 aromatic heterocycles. The summed E-state index contributed by atoms with van der Waals surface area (Å²) in [5.41, 5.74) is 0.816. The molecule has 0 saturated carbocycles. The number of unbranched alkanes of at least 4 members (excludes halogenated alkanes) is 2. The maximum absolute atomic E-state index is 13.0. The largest absolute Gasteiger partial charge is 0.464 e. The summed E-state index contributed by atoms with van der Waals surface area (Å²) >= 11 is 1.44. The first-order valence-corrected chi connectivity index (χ1v) is 8.49. The highest BCUT2D eigenvalue weighted by Gasteiger charge is 2.34. The first-order chi connectivity index (χ1) is 10.6. The lowest BCUT2D eigenvalue weighted by Gasteiger charge is -2.23. The summed E-state index contributed by atoms with van der Waals surface area (Å²) in [7, 11) is 0. The van der Waals surface area contributed by atoms with Crippen molar-refractivity contribution in [1.82, 2.24) is 4.90 Å². The second-order valence-corrected chi connectivity index (χ2v) is 6.23. The van der Waals surface area contributed by atoms with Crippen molar-refractivity contribution in [2.75, 3.05) is 18.9 Å². The number of carbonyl (C=O) groups is 2. The Hall–Kier alpha value is -1.56. The maximum atomic E-state index is 13.0. The fourth-order valence-corrected chi connectivity index (χ4v) is 3.44.